The highest BCUT2D eigenvalue weighted by Gasteiger charge is 2.25. The molecule has 1 aliphatic carbocycles. The molecule has 48 heavy (non-hydrogen) atoms. The fraction of sp³-hybridized carbons (Fsp3) is 0.514. The first-order chi connectivity index (χ1) is 22.7. The van der Waals surface area contributed by atoms with Gasteiger partial charge in [0.05, 0.1) is 19.4 Å². The van der Waals surface area contributed by atoms with Crippen LogP contribution in [0.4, 0.5) is 4.39 Å². The molecule has 0 bridgehead atoms. The zero-order valence-corrected chi connectivity index (χ0v) is 29.1. The fourth-order valence-electron chi connectivity index (χ4n) is 7.24. The first kappa shape index (κ1) is 36.2. The van der Waals surface area contributed by atoms with Crippen LogP contribution in [0.3, 0.4) is 0 Å². The Bertz CT molecular complexity index is 1530. The van der Waals surface area contributed by atoms with Crippen molar-refractivity contribution in [2.75, 3.05) is 32.8 Å². The van der Waals surface area contributed by atoms with Gasteiger partial charge in [0, 0.05) is 62.9 Å². The third kappa shape index (κ3) is 9.31. The number of rotatable bonds is 9. The molecule has 0 radical (unpaired) electrons. The van der Waals surface area contributed by atoms with E-state index in [4.69, 9.17) is 15.2 Å². The normalized spacial score (nSPS) is 25.2. The van der Waals surface area contributed by atoms with Gasteiger partial charge in [0.15, 0.2) is 0 Å². The molecule has 1 aromatic heterocycles. The van der Waals surface area contributed by atoms with Gasteiger partial charge in [-0.1, -0.05) is 30.3 Å². The Morgan fingerprint density at radius 2 is 1.83 bits per heavy atom. The molecule has 3 aliphatic rings. The van der Waals surface area contributed by atoms with E-state index in [1.807, 2.05) is 18.2 Å². The Balaban J connectivity index is 0.00000451. The summed E-state index contributed by atoms with van der Waals surface area (Å²) in [4.78, 5) is 22.5. The minimum absolute atomic E-state index is 0. The molecule has 3 aromatic rings. The summed E-state index contributed by atoms with van der Waals surface area (Å²) in [5.41, 5.74) is 10.8. The quantitative estimate of drug-likeness (QED) is 0.272. The number of ether oxygens (including phenoxy) is 2. The van der Waals surface area contributed by atoms with Gasteiger partial charge in [-0.3, -0.25) is 14.6 Å². The zero-order valence-electron chi connectivity index (χ0n) is 28.3. The van der Waals surface area contributed by atoms with Gasteiger partial charge in [-0.2, -0.15) is 0 Å². The lowest BCUT2D eigenvalue weighted by Gasteiger charge is -2.36. The van der Waals surface area contributed by atoms with Crippen LogP contribution >= 0.6 is 12.4 Å². The van der Waals surface area contributed by atoms with Crippen LogP contribution in [-0.4, -0.2) is 83.7 Å². The van der Waals surface area contributed by atoms with Crippen LogP contribution in [0.2, 0.25) is 0 Å². The number of nitrogens with one attached hydrogen (secondary N) is 2. The molecule has 3 atom stereocenters. The number of pyridine rings is 1. The molecule has 2 saturated heterocycles. The number of nitrogens with two attached hydrogens (primary N) is 1. The molecule has 6 rings (SSSR count). The first-order valence-corrected chi connectivity index (χ1v) is 17.1. The molecule has 260 valence electrons. The van der Waals surface area contributed by atoms with Crippen molar-refractivity contribution in [1.29, 1.82) is 0 Å². The largest absolute Gasteiger partial charge is 0.438 e. The lowest BCUT2D eigenvalue weighted by atomic mass is 9.91. The monoisotopic (exact) mass is 680 g/mol. The summed E-state index contributed by atoms with van der Waals surface area (Å²) in [6, 6.07) is 17.2. The summed E-state index contributed by atoms with van der Waals surface area (Å²) in [6.45, 7) is 12.8. The number of hydrogen-bond acceptors (Lipinski definition) is 8. The minimum atomic E-state index is -0.589. The van der Waals surface area contributed by atoms with Crippen LogP contribution < -0.4 is 21.1 Å². The molecule has 3 fully saturated rings. The molecule has 0 spiro atoms. The third-order valence-electron chi connectivity index (χ3n) is 9.62. The smallest absolute Gasteiger partial charge is 0.257 e. The molecule has 9 nitrogen and oxygen atoms in total. The lowest BCUT2D eigenvalue weighted by Crippen LogP contribution is -2.53. The van der Waals surface area contributed by atoms with E-state index in [9.17, 15) is 9.18 Å². The number of amides is 1. The lowest BCUT2D eigenvalue weighted by molar-refractivity contribution is -0.00431. The van der Waals surface area contributed by atoms with Crippen molar-refractivity contribution in [3.05, 3.63) is 77.2 Å². The molecule has 1 saturated carbocycles. The molecule has 2 aromatic carbocycles. The van der Waals surface area contributed by atoms with Crippen LogP contribution in [0.1, 0.15) is 67.9 Å². The number of carbonyl (C=O) groups is 1. The maximum absolute atomic E-state index is 14.3. The minimum Gasteiger partial charge on any atom is -0.438 e. The Hall–Kier alpha value is -3.12. The average molecular weight is 681 g/mol. The summed E-state index contributed by atoms with van der Waals surface area (Å²) in [5, 5.41) is 6.66. The maximum Gasteiger partial charge on any atom is 0.257 e. The van der Waals surface area contributed by atoms with Gasteiger partial charge in [-0.25, -0.2) is 9.37 Å². The Kier molecular flexibility index (Phi) is 12.4. The van der Waals surface area contributed by atoms with E-state index in [0.29, 0.717) is 23.9 Å². The Morgan fingerprint density at radius 3 is 2.58 bits per heavy atom. The van der Waals surface area contributed by atoms with Crippen LogP contribution in [0.5, 0.6) is 11.6 Å². The van der Waals surface area contributed by atoms with Crippen molar-refractivity contribution >= 4 is 18.3 Å². The molecule has 2 aliphatic heterocycles. The van der Waals surface area contributed by atoms with E-state index in [1.165, 1.54) is 17.2 Å². The van der Waals surface area contributed by atoms with E-state index >= 15 is 0 Å². The number of piperazine rings is 1. The van der Waals surface area contributed by atoms with Gasteiger partial charge in [0.2, 0.25) is 5.88 Å². The maximum atomic E-state index is 14.3. The number of hydrogen-bond donors (Lipinski definition) is 3. The average Bonchev–Trinajstić information content (AvgIpc) is 3.04. The number of aromatic nitrogens is 1. The fourth-order valence-corrected chi connectivity index (χ4v) is 7.24. The number of benzene rings is 2. The molecule has 3 heterocycles. The van der Waals surface area contributed by atoms with Crippen molar-refractivity contribution in [2.24, 2.45) is 5.73 Å². The van der Waals surface area contributed by atoms with E-state index in [-0.39, 0.29) is 35.9 Å². The van der Waals surface area contributed by atoms with Gasteiger partial charge in [0.25, 0.3) is 5.91 Å². The topological polar surface area (TPSA) is 105 Å². The highest BCUT2D eigenvalue weighted by atomic mass is 35.5. The number of morpholine rings is 1. The third-order valence-corrected chi connectivity index (χ3v) is 9.62. The van der Waals surface area contributed by atoms with E-state index < -0.39 is 11.7 Å². The van der Waals surface area contributed by atoms with Crippen molar-refractivity contribution < 1.29 is 18.7 Å². The zero-order chi connectivity index (χ0) is 32.9. The van der Waals surface area contributed by atoms with Crippen LogP contribution in [0.25, 0.3) is 11.1 Å². The first-order valence-electron chi connectivity index (χ1n) is 17.1. The molecule has 4 N–H and O–H groups in total. The molecule has 0 unspecified atom stereocenters. The van der Waals surface area contributed by atoms with E-state index in [0.717, 1.165) is 88.9 Å². The second kappa shape index (κ2) is 16.5. The van der Waals surface area contributed by atoms with Crippen LogP contribution in [-0.2, 0) is 17.8 Å². The highest BCUT2D eigenvalue weighted by molar-refractivity contribution is 5.96. The van der Waals surface area contributed by atoms with Gasteiger partial charge >= 0.3 is 0 Å². The van der Waals surface area contributed by atoms with Crippen molar-refractivity contribution in [2.45, 2.75) is 89.8 Å². The number of halogens is 2. The Labute approximate surface area is 290 Å². The van der Waals surface area contributed by atoms with Crippen molar-refractivity contribution in [1.82, 2.24) is 25.4 Å². The van der Waals surface area contributed by atoms with E-state index in [1.54, 1.807) is 0 Å². The standard InChI is InChI=1S/C37H49FN6O3.ClH/c1-24-19-43(20-25(2)41-24)21-27-7-12-34(29(15-27)22-44-13-14-46-23-26(44)3)28-5-4-6-33(16-28)47-37-35(17-30(38)18-40-37)36(45)42-32-10-8-31(39)9-11-32;/h4-7,12,15-18,24-26,31-32,41H,8-11,13-14,19-23,39H2,1-3H3,(H,42,45);1H/t24-,25+,26-,31?,32?;/m0./s1. The summed E-state index contributed by atoms with van der Waals surface area (Å²) in [6.07, 6.45) is 4.38. The summed E-state index contributed by atoms with van der Waals surface area (Å²) < 4.78 is 26.2. The number of carbonyl (C=O) groups excluding carboxylic acids is 1. The summed E-state index contributed by atoms with van der Waals surface area (Å²) in [7, 11) is 0. The predicted molar refractivity (Wildman–Crippen MR) is 189 cm³/mol. The van der Waals surface area contributed by atoms with Crippen LogP contribution in [0, 0.1) is 5.82 Å². The molecule has 1 amide bonds. The molecule has 11 heteroatoms. The highest BCUT2D eigenvalue weighted by Crippen LogP contribution is 2.32. The second-order valence-electron chi connectivity index (χ2n) is 13.8. The second-order valence-corrected chi connectivity index (χ2v) is 13.8. The van der Waals surface area contributed by atoms with Gasteiger partial charge < -0.3 is 25.8 Å². The number of nitrogens with zero attached hydrogens (tertiary/aromatic N) is 3. The van der Waals surface area contributed by atoms with Crippen molar-refractivity contribution in [3.8, 4) is 22.8 Å². The van der Waals surface area contributed by atoms with Gasteiger partial charge in [-0.15, -0.1) is 12.4 Å². The molecular weight excluding hydrogens is 631 g/mol. The molecular formula is C37H50ClFN6O3. The van der Waals surface area contributed by atoms with Gasteiger partial charge in [-0.05, 0) is 86.9 Å². The SMILES string of the molecule is C[C@@H]1CN(Cc2ccc(-c3cccc(Oc4ncc(F)cc4C(=O)NC4CCC(N)CC4)c3)c(CN3CCOC[C@@H]3C)c2)C[C@H](C)N1.Cl. The van der Waals surface area contributed by atoms with Gasteiger partial charge in [0.1, 0.15) is 17.1 Å². The predicted octanol–water partition coefficient (Wildman–Crippen LogP) is 5.50. The van der Waals surface area contributed by atoms with E-state index in [2.05, 4.69) is 70.5 Å². The van der Waals surface area contributed by atoms with Crippen LogP contribution in [0.15, 0.2) is 54.7 Å². The van der Waals surface area contributed by atoms with Crippen molar-refractivity contribution in [3.63, 3.8) is 0 Å². The Morgan fingerprint density at radius 1 is 1.06 bits per heavy atom. The summed E-state index contributed by atoms with van der Waals surface area (Å²) >= 11 is 0. The summed E-state index contributed by atoms with van der Waals surface area (Å²) in [5.74, 6) is -0.383.